The van der Waals surface area contributed by atoms with Crippen LogP contribution in [0.1, 0.15) is 20.3 Å². The number of carbonyl (C=O) groups is 1. The van der Waals surface area contributed by atoms with Crippen LogP contribution < -0.4 is 15.8 Å². The zero-order chi connectivity index (χ0) is 15.3. The molecule has 1 aromatic carbocycles. The zero-order valence-corrected chi connectivity index (χ0v) is 11.8. The molecule has 1 amide bonds. The van der Waals surface area contributed by atoms with Gasteiger partial charge >= 0.3 is 5.69 Å². The number of nitrogens with zero attached hydrogens (tertiary/aromatic N) is 1. The number of amides is 1. The third-order valence-electron chi connectivity index (χ3n) is 2.71. The molecule has 0 saturated carbocycles. The van der Waals surface area contributed by atoms with Crippen molar-refractivity contribution in [1.29, 1.82) is 0 Å². The molecule has 1 rings (SSSR count). The van der Waals surface area contributed by atoms with E-state index in [1.807, 2.05) is 13.8 Å². The van der Waals surface area contributed by atoms with Crippen LogP contribution in [0.4, 0.5) is 11.4 Å². The lowest BCUT2D eigenvalue weighted by atomic mass is 10.0. The molecule has 0 aliphatic rings. The minimum atomic E-state index is -0.642. The molecule has 1 atom stereocenters. The van der Waals surface area contributed by atoms with Gasteiger partial charge < -0.3 is 15.8 Å². The summed E-state index contributed by atoms with van der Waals surface area (Å²) < 4.78 is 4.89. The van der Waals surface area contributed by atoms with Crippen molar-refractivity contribution in [3.63, 3.8) is 0 Å². The number of nitrogens with two attached hydrogens (primary N) is 1. The van der Waals surface area contributed by atoms with Crippen molar-refractivity contribution in [1.82, 2.24) is 0 Å². The molecule has 3 N–H and O–H groups in total. The van der Waals surface area contributed by atoms with Crippen LogP contribution in [0.15, 0.2) is 18.2 Å². The average Bonchev–Trinajstić information content (AvgIpc) is 2.37. The van der Waals surface area contributed by atoms with Gasteiger partial charge in [0.1, 0.15) is 0 Å². The molecule has 0 fully saturated rings. The number of hydrogen-bond acceptors (Lipinski definition) is 5. The second-order valence-electron chi connectivity index (χ2n) is 4.87. The number of benzene rings is 1. The van der Waals surface area contributed by atoms with Crippen molar-refractivity contribution in [2.75, 3.05) is 12.4 Å². The van der Waals surface area contributed by atoms with Gasteiger partial charge in [0.15, 0.2) is 5.75 Å². The largest absolute Gasteiger partial charge is 0.490 e. The number of methoxy groups -OCH3 is 1. The molecule has 1 aromatic rings. The highest BCUT2D eigenvalue weighted by atomic mass is 16.6. The smallest absolute Gasteiger partial charge is 0.312 e. The maximum Gasteiger partial charge on any atom is 0.312 e. The predicted octanol–water partition coefficient (Wildman–Crippen LogP) is 1.92. The van der Waals surface area contributed by atoms with Crippen LogP contribution in [-0.4, -0.2) is 24.0 Å². The number of nitrogens with one attached hydrogen (secondary N) is 1. The Morgan fingerprint density at radius 3 is 2.65 bits per heavy atom. The Balaban J connectivity index is 2.85. The van der Waals surface area contributed by atoms with Crippen LogP contribution in [0, 0.1) is 16.0 Å². The molecule has 0 aliphatic carbocycles. The highest BCUT2D eigenvalue weighted by Crippen LogP contribution is 2.29. The minimum Gasteiger partial charge on any atom is -0.490 e. The first kappa shape index (κ1) is 15.9. The number of hydrogen-bond donors (Lipinski definition) is 2. The summed E-state index contributed by atoms with van der Waals surface area (Å²) in [4.78, 5) is 22.2. The van der Waals surface area contributed by atoms with E-state index >= 15 is 0 Å². The van der Waals surface area contributed by atoms with Crippen molar-refractivity contribution >= 4 is 17.3 Å². The van der Waals surface area contributed by atoms with E-state index in [0.29, 0.717) is 18.0 Å². The van der Waals surface area contributed by atoms with E-state index in [0.717, 1.165) is 0 Å². The lowest BCUT2D eigenvalue weighted by Crippen LogP contribution is -2.36. The molecule has 7 nitrogen and oxygen atoms in total. The third kappa shape index (κ3) is 4.20. The van der Waals surface area contributed by atoms with Gasteiger partial charge in [-0.05, 0) is 24.5 Å². The highest BCUT2D eigenvalue weighted by Gasteiger charge is 2.19. The van der Waals surface area contributed by atoms with E-state index in [1.54, 1.807) is 0 Å². The van der Waals surface area contributed by atoms with Crippen LogP contribution in [0.2, 0.25) is 0 Å². The molecule has 110 valence electrons. The maximum absolute atomic E-state index is 11.8. The molecular weight excluding hydrogens is 262 g/mol. The van der Waals surface area contributed by atoms with Gasteiger partial charge in [0.25, 0.3) is 0 Å². The minimum absolute atomic E-state index is 0.138. The molecule has 20 heavy (non-hydrogen) atoms. The van der Waals surface area contributed by atoms with Gasteiger partial charge in [-0.25, -0.2) is 0 Å². The fourth-order valence-corrected chi connectivity index (χ4v) is 1.76. The topological polar surface area (TPSA) is 107 Å². The molecule has 0 aliphatic heterocycles. The Kier molecular flexibility index (Phi) is 5.45. The molecule has 0 saturated heterocycles. The maximum atomic E-state index is 11.8. The van der Waals surface area contributed by atoms with Crippen molar-refractivity contribution in [2.45, 2.75) is 26.3 Å². The van der Waals surface area contributed by atoms with Crippen LogP contribution in [0.3, 0.4) is 0 Å². The quantitative estimate of drug-likeness (QED) is 0.611. The Morgan fingerprint density at radius 2 is 2.15 bits per heavy atom. The number of ether oxygens (including phenoxy) is 1. The third-order valence-corrected chi connectivity index (χ3v) is 2.71. The zero-order valence-electron chi connectivity index (χ0n) is 11.8. The first-order valence-electron chi connectivity index (χ1n) is 6.24. The fourth-order valence-electron chi connectivity index (χ4n) is 1.76. The average molecular weight is 281 g/mol. The highest BCUT2D eigenvalue weighted by molar-refractivity contribution is 5.95. The van der Waals surface area contributed by atoms with E-state index in [9.17, 15) is 14.9 Å². The first-order valence-corrected chi connectivity index (χ1v) is 6.24. The normalized spacial score (nSPS) is 12.1. The molecular formula is C13H19N3O4. The Bertz CT molecular complexity index is 502. The van der Waals surface area contributed by atoms with Gasteiger partial charge in [-0.2, -0.15) is 0 Å². The fraction of sp³-hybridized carbons (Fsp3) is 0.462. The molecule has 0 aromatic heterocycles. The number of rotatable bonds is 6. The van der Waals surface area contributed by atoms with Crippen LogP contribution in [-0.2, 0) is 4.79 Å². The standard InChI is InChI=1S/C13H19N3O4/c1-8(2)6-10(14)13(17)15-9-4-5-12(20-3)11(7-9)16(18)19/h4-5,7-8,10H,6,14H2,1-3H3,(H,15,17)/t10-/m0/s1. The number of anilines is 1. The summed E-state index contributed by atoms with van der Waals surface area (Å²) in [7, 11) is 1.35. The second kappa shape index (κ2) is 6.85. The van der Waals surface area contributed by atoms with Crippen molar-refractivity contribution in [2.24, 2.45) is 11.7 Å². The van der Waals surface area contributed by atoms with E-state index in [1.165, 1.54) is 25.3 Å². The summed E-state index contributed by atoms with van der Waals surface area (Å²) in [6, 6.07) is 3.57. The van der Waals surface area contributed by atoms with Crippen LogP contribution in [0.5, 0.6) is 5.75 Å². The predicted molar refractivity (Wildman–Crippen MR) is 75.7 cm³/mol. The van der Waals surface area contributed by atoms with Gasteiger partial charge in [-0.1, -0.05) is 13.8 Å². The monoisotopic (exact) mass is 281 g/mol. The van der Waals surface area contributed by atoms with E-state index in [4.69, 9.17) is 10.5 Å². The summed E-state index contributed by atoms with van der Waals surface area (Å²) in [5.41, 5.74) is 5.86. The lowest BCUT2D eigenvalue weighted by Gasteiger charge is -2.14. The summed E-state index contributed by atoms with van der Waals surface area (Å²) in [6.45, 7) is 3.93. The van der Waals surface area contributed by atoms with Crippen LogP contribution in [0.25, 0.3) is 0 Å². The van der Waals surface area contributed by atoms with Crippen molar-refractivity contribution in [3.8, 4) is 5.75 Å². The number of nitro benzene ring substituents is 1. The van der Waals surface area contributed by atoms with E-state index < -0.39 is 11.0 Å². The number of nitro groups is 1. The van der Waals surface area contributed by atoms with Crippen molar-refractivity contribution < 1.29 is 14.5 Å². The molecule has 0 spiro atoms. The molecule has 0 radical (unpaired) electrons. The summed E-state index contributed by atoms with van der Waals surface area (Å²) >= 11 is 0. The van der Waals surface area contributed by atoms with E-state index in [2.05, 4.69) is 5.32 Å². The molecule has 0 bridgehead atoms. The molecule has 7 heteroatoms. The van der Waals surface area contributed by atoms with Crippen molar-refractivity contribution in [3.05, 3.63) is 28.3 Å². The lowest BCUT2D eigenvalue weighted by molar-refractivity contribution is -0.385. The van der Waals surface area contributed by atoms with Gasteiger partial charge in [-0.15, -0.1) is 0 Å². The van der Waals surface area contributed by atoms with E-state index in [-0.39, 0.29) is 17.3 Å². The Labute approximate surface area is 117 Å². The SMILES string of the molecule is COc1ccc(NC(=O)[C@@H](N)CC(C)C)cc1[N+](=O)[O-]. The van der Waals surface area contributed by atoms with Crippen LogP contribution >= 0.6 is 0 Å². The van der Waals surface area contributed by atoms with Gasteiger partial charge in [0, 0.05) is 11.8 Å². The Morgan fingerprint density at radius 1 is 1.50 bits per heavy atom. The summed E-state index contributed by atoms with van der Waals surface area (Å²) in [5, 5.41) is 13.5. The molecule has 0 unspecified atom stereocenters. The summed E-state index contributed by atoms with van der Waals surface area (Å²) in [6.07, 6.45) is 0.546. The van der Waals surface area contributed by atoms with Gasteiger partial charge in [0.2, 0.25) is 5.91 Å². The second-order valence-corrected chi connectivity index (χ2v) is 4.87. The van der Waals surface area contributed by atoms with Gasteiger partial charge in [0.05, 0.1) is 18.1 Å². The Hall–Kier alpha value is -2.15. The molecule has 0 heterocycles. The van der Waals surface area contributed by atoms with Gasteiger partial charge in [-0.3, -0.25) is 14.9 Å². The number of carbonyl (C=O) groups excluding carboxylic acids is 1. The summed E-state index contributed by atoms with van der Waals surface area (Å²) in [5.74, 6) is 0.0681. The first-order chi connectivity index (χ1) is 9.35.